The molecular formula is C13H14BrN3O. The van der Waals surface area contributed by atoms with Crippen LogP contribution < -0.4 is 0 Å². The van der Waals surface area contributed by atoms with E-state index in [1.165, 1.54) is 15.8 Å². The highest BCUT2D eigenvalue weighted by Crippen LogP contribution is 2.15. The molecule has 0 bridgehead atoms. The van der Waals surface area contributed by atoms with Gasteiger partial charge in [-0.3, -0.25) is 4.79 Å². The summed E-state index contributed by atoms with van der Waals surface area (Å²) in [5.74, 6) is 0.0509. The summed E-state index contributed by atoms with van der Waals surface area (Å²) in [6.45, 7) is 2.05. The van der Waals surface area contributed by atoms with Crippen LogP contribution in [0.1, 0.15) is 28.0 Å². The molecule has 0 spiro atoms. The lowest BCUT2D eigenvalue weighted by atomic mass is 10.1. The number of carbonyl (C=O) groups is 1. The first-order valence-corrected chi connectivity index (χ1v) is 6.51. The van der Waals surface area contributed by atoms with Crippen molar-refractivity contribution in [1.82, 2.24) is 15.0 Å². The second kappa shape index (κ2) is 5.44. The van der Waals surface area contributed by atoms with E-state index in [2.05, 4.69) is 50.5 Å². The number of hydrogen-bond acceptors (Lipinski definition) is 3. The molecule has 18 heavy (non-hydrogen) atoms. The minimum Gasteiger partial charge on any atom is -0.292 e. The number of rotatable bonds is 4. The molecule has 0 aliphatic heterocycles. The lowest BCUT2D eigenvalue weighted by Gasteiger charge is -2.02. The normalized spacial score (nSPS) is 10.6. The Morgan fingerprint density at radius 3 is 2.56 bits per heavy atom. The summed E-state index contributed by atoms with van der Waals surface area (Å²) in [6, 6.07) is 8.22. The van der Waals surface area contributed by atoms with Crippen LogP contribution in [0.3, 0.4) is 0 Å². The number of benzene rings is 1. The van der Waals surface area contributed by atoms with Crippen molar-refractivity contribution in [3.05, 3.63) is 45.7 Å². The van der Waals surface area contributed by atoms with E-state index in [0.717, 1.165) is 6.42 Å². The van der Waals surface area contributed by atoms with E-state index in [4.69, 9.17) is 0 Å². The molecule has 2 aromatic rings. The number of hydrogen-bond donors (Lipinski definition) is 0. The molecule has 0 fully saturated rings. The van der Waals surface area contributed by atoms with Crippen molar-refractivity contribution in [1.29, 1.82) is 0 Å². The van der Waals surface area contributed by atoms with Crippen molar-refractivity contribution >= 4 is 21.7 Å². The Morgan fingerprint density at radius 1 is 1.33 bits per heavy atom. The second-order valence-corrected chi connectivity index (χ2v) is 5.01. The van der Waals surface area contributed by atoms with Crippen LogP contribution in [-0.4, -0.2) is 20.8 Å². The van der Waals surface area contributed by atoms with E-state index < -0.39 is 0 Å². The van der Waals surface area contributed by atoms with Gasteiger partial charge in [0.05, 0.1) is 0 Å². The Balaban J connectivity index is 2.03. The third-order valence-corrected chi connectivity index (χ3v) is 3.35. The number of ketones is 1. The maximum Gasteiger partial charge on any atom is 0.184 e. The molecule has 1 heterocycles. The minimum absolute atomic E-state index is 0.0509. The summed E-state index contributed by atoms with van der Waals surface area (Å²) < 4.78 is 2.01. The number of nitrogens with zero attached hydrogens (tertiary/aromatic N) is 3. The number of halogens is 1. The molecule has 1 aromatic carbocycles. The van der Waals surface area contributed by atoms with Gasteiger partial charge in [0.2, 0.25) is 0 Å². The molecule has 0 aliphatic rings. The molecule has 0 aliphatic carbocycles. The average Bonchev–Trinajstić information content (AvgIpc) is 2.68. The third kappa shape index (κ3) is 2.85. The first-order chi connectivity index (χ1) is 8.58. The fourth-order valence-electron chi connectivity index (χ4n) is 1.76. The van der Waals surface area contributed by atoms with Gasteiger partial charge in [-0.1, -0.05) is 35.0 Å². The van der Waals surface area contributed by atoms with Crippen molar-refractivity contribution in [2.75, 3.05) is 0 Å². The van der Waals surface area contributed by atoms with Crippen LogP contribution in [0.15, 0.2) is 28.9 Å². The van der Waals surface area contributed by atoms with Gasteiger partial charge in [-0.25, -0.2) is 4.68 Å². The molecule has 5 heteroatoms. The standard InChI is InChI=1S/C13H14BrN3O/c1-9-3-5-10(6-4-9)7-8-11(18)12-13(14)15-16-17(12)2/h3-6H,7-8H2,1-2H3. The third-order valence-electron chi connectivity index (χ3n) is 2.81. The lowest BCUT2D eigenvalue weighted by Crippen LogP contribution is -2.08. The van der Waals surface area contributed by atoms with E-state index in [9.17, 15) is 4.79 Å². The van der Waals surface area contributed by atoms with Gasteiger partial charge in [-0.05, 0) is 34.8 Å². The van der Waals surface area contributed by atoms with Crippen LogP contribution in [0.25, 0.3) is 0 Å². The highest BCUT2D eigenvalue weighted by molar-refractivity contribution is 9.10. The quantitative estimate of drug-likeness (QED) is 0.816. The van der Waals surface area contributed by atoms with Crippen molar-refractivity contribution < 1.29 is 4.79 Å². The van der Waals surface area contributed by atoms with Crippen molar-refractivity contribution in [2.24, 2.45) is 7.05 Å². The fourth-order valence-corrected chi connectivity index (χ4v) is 2.31. The first-order valence-electron chi connectivity index (χ1n) is 5.72. The van der Waals surface area contributed by atoms with Crippen LogP contribution in [0.4, 0.5) is 0 Å². The monoisotopic (exact) mass is 307 g/mol. The second-order valence-electron chi connectivity index (χ2n) is 4.26. The van der Waals surface area contributed by atoms with E-state index >= 15 is 0 Å². The zero-order chi connectivity index (χ0) is 13.1. The molecule has 4 nitrogen and oxygen atoms in total. The molecule has 0 amide bonds. The molecule has 2 rings (SSSR count). The Kier molecular flexibility index (Phi) is 3.91. The molecular weight excluding hydrogens is 294 g/mol. The first kappa shape index (κ1) is 13.0. The predicted molar refractivity (Wildman–Crippen MR) is 72.5 cm³/mol. The zero-order valence-electron chi connectivity index (χ0n) is 10.4. The Hall–Kier alpha value is -1.49. The van der Waals surface area contributed by atoms with Crippen molar-refractivity contribution in [3.8, 4) is 0 Å². The molecule has 1 aromatic heterocycles. The molecule has 0 radical (unpaired) electrons. The highest BCUT2D eigenvalue weighted by Gasteiger charge is 2.16. The molecule has 0 atom stereocenters. The maximum atomic E-state index is 12.1. The van der Waals surface area contributed by atoms with Crippen molar-refractivity contribution in [2.45, 2.75) is 19.8 Å². The van der Waals surface area contributed by atoms with Gasteiger partial charge in [0.15, 0.2) is 10.4 Å². The van der Waals surface area contributed by atoms with E-state index in [-0.39, 0.29) is 5.78 Å². The highest BCUT2D eigenvalue weighted by atomic mass is 79.9. The van der Waals surface area contributed by atoms with Crippen LogP contribution in [0.2, 0.25) is 0 Å². The number of Topliss-reactive ketones (excluding diaryl/α,β-unsaturated/α-hetero) is 1. The summed E-state index contributed by atoms with van der Waals surface area (Å²) in [7, 11) is 1.72. The van der Waals surface area contributed by atoms with Gasteiger partial charge < -0.3 is 0 Å². The van der Waals surface area contributed by atoms with Crippen LogP contribution in [0, 0.1) is 6.92 Å². The van der Waals surface area contributed by atoms with Gasteiger partial charge in [-0.15, -0.1) is 5.10 Å². The molecule has 0 N–H and O–H groups in total. The molecule has 0 saturated carbocycles. The topological polar surface area (TPSA) is 47.8 Å². The predicted octanol–water partition coefficient (Wildman–Crippen LogP) is 2.70. The Bertz CT molecular complexity index is 541. The zero-order valence-corrected chi connectivity index (χ0v) is 11.9. The summed E-state index contributed by atoms with van der Waals surface area (Å²) >= 11 is 3.24. The summed E-state index contributed by atoms with van der Waals surface area (Å²) in [6.07, 6.45) is 1.19. The number of aromatic nitrogens is 3. The minimum atomic E-state index is 0.0509. The molecule has 0 unspecified atom stereocenters. The van der Waals surface area contributed by atoms with Gasteiger partial charge in [0.25, 0.3) is 0 Å². The Morgan fingerprint density at radius 2 is 2.00 bits per heavy atom. The van der Waals surface area contributed by atoms with E-state index in [1.54, 1.807) is 7.05 Å². The van der Waals surface area contributed by atoms with E-state index in [0.29, 0.717) is 16.7 Å². The number of aryl methyl sites for hydroxylation is 3. The van der Waals surface area contributed by atoms with Crippen LogP contribution in [-0.2, 0) is 13.5 Å². The lowest BCUT2D eigenvalue weighted by molar-refractivity contribution is 0.0973. The molecule has 94 valence electrons. The maximum absolute atomic E-state index is 12.1. The van der Waals surface area contributed by atoms with Gasteiger partial charge in [-0.2, -0.15) is 0 Å². The smallest absolute Gasteiger partial charge is 0.184 e. The molecule has 0 saturated heterocycles. The summed E-state index contributed by atoms with van der Waals surface area (Å²) in [5, 5.41) is 7.62. The van der Waals surface area contributed by atoms with Crippen molar-refractivity contribution in [3.63, 3.8) is 0 Å². The van der Waals surface area contributed by atoms with E-state index in [1.807, 2.05) is 6.92 Å². The van der Waals surface area contributed by atoms with Gasteiger partial charge in [0, 0.05) is 13.5 Å². The fraction of sp³-hybridized carbons (Fsp3) is 0.308. The van der Waals surface area contributed by atoms with Gasteiger partial charge in [0.1, 0.15) is 5.69 Å². The van der Waals surface area contributed by atoms with Crippen LogP contribution >= 0.6 is 15.9 Å². The Labute approximate surface area is 114 Å². The summed E-state index contributed by atoms with van der Waals surface area (Å²) in [4.78, 5) is 12.1. The average molecular weight is 308 g/mol. The van der Waals surface area contributed by atoms with Gasteiger partial charge >= 0.3 is 0 Å². The summed E-state index contributed by atoms with van der Waals surface area (Å²) in [5.41, 5.74) is 2.92. The number of carbonyl (C=O) groups excluding carboxylic acids is 1. The largest absolute Gasteiger partial charge is 0.292 e. The van der Waals surface area contributed by atoms with Crippen LogP contribution in [0.5, 0.6) is 0 Å². The SMILES string of the molecule is Cc1ccc(CCC(=O)c2c(Br)nnn2C)cc1.